The van der Waals surface area contributed by atoms with Crippen molar-refractivity contribution >= 4 is 32.8 Å². The number of para-hydroxylation sites is 2. The Labute approximate surface area is 175 Å². The molecule has 1 aliphatic rings. The maximum absolute atomic E-state index is 12.9. The number of oxazole rings is 1. The van der Waals surface area contributed by atoms with Crippen LogP contribution in [0.25, 0.3) is 11.1 Å². The largest absolute Gasteiger partial charge is 0.438 e. The normalized spacial score (nSPS) is 21.5. The molecule has 1 aromatic carbocycles. The van der Waals surface area contributed by atoms with Crippen molar-refractivity contribution < 1.29 is 27.5 Å². The van der Waals surface area contributed by atoms with Crippen molar-refractivity contribution in [2.24, 2.45) is 0 Å². The molecule has 30 heavy (non-hydrogen) atoms. The lowest BCUT2D eigenvalue weighted by atomic mass is 10.1. The van der Waals surface area contributed by atoms with E-state index < -0.39 is 39.2 Å². The van der Waals surface area contributed by atoms with Crippen LogP contribution in [0.4, 0.5) is 0 Å². The van der Waals surface area contributed by atoms with Crippen LogP contribution in [-0.2, 0) is 19.4 Å². The molecule has 2 N–H and O–H groups in total. The van der Waals surface area contributed by atoms with Gasteiger partial charge in [0.1, 0.15) is 11.6 Å². The molecule has 1 saturated heterocycles. The van der Waals surface area contributed by atoms with Crippen LogP contribution in [0.3, 0.4) is 0 Å². The van der Waals surface area contributed by atoms with E-state index in [1.54, 1.807) is 38.1 Å². The van der Waals surface area contributed by atoms with Gasteiger partial charge in [0.05, 0.1) is 11.3 Å². The van der Waals surface area contributed by atoms with E-state index in [0.29, 0.717) is 17.5 Å². The van der Waals surface area contributed by atoms with Gasteiger partial charge >= 0.3 is 0 Å². The van der Waals surface area contributed by atoms with Gasteiger partial charge in [0.2, 0.25) is 17.7 Å². The summed E-state index contributed by atoms with van der Waals surface area (Å²) in [5.41, 5.74) is 1.12. The number of hydrogen-bond donors (Lipinski definition) is 2. The number of rotatable bonds is 7. The minimum Gasteiger partial charge on any atom is -0.438 e. The number of aromatic nitrogens is 1. The molecule has 1 fully saturated rings. The fourth-order valence-corrected chi connectivity index (χ4v) is 5.10. The molecule has 3 rings (SSSR count). The lowest BCUT2D eigenvalue weighted by Crippen LogP contribution is -2.49. The van der Waals surface area contributed by atoms with Crippen LogP contribution in [0.5, 0.6) is 0 Å². The van der Waals surface area contributed by atoms with E-state index in [9.17, 15) is 23.1 Å². The first-order valence-electron chi connectivity index (χ1n) is 10.0. The SMILES string of the molecule is CCC(NC(=O)[C@@H]1C[C@@H](S(=O)(=O)CC)CN1C(C)=O)C(O)c1nc2ccccc2o1. The second kappa shape index (κ2) is 8.73. The van der Waals surface area contributed by atoms with Gasteiger partial charge in [0, 0.05) is 19.2 Å². The topological polar surface area (TPSA) is 130 Å². The van der Waals surface area contributed by atoms with Gasteiger partial charge in [-0.15, -0.1) is 0 Å². The zero-order valence-corrected chi connectivity index (χ0v) is 18.1. The first-order valence-corrected chi connectivity index (χ1v) is 11.7. The molecular weight excluding hydrogens is 410 g/mol. The van der Waals surface area contributed by atoms with Crippen molar-refractivity contribution in [3.63, 3.8) is 0 Å². The summed E-state index contributed by atoms with van der Waals surface area (Å²) in [4.78, 5) is 30.5. The number of aliphatic hydroxyl groups excluding tert-OH is 1. The Morgan fingerprint density at radius 2 is 2.03 bits per heavy atom. The number of nitrogens with one attached hydrogen (secondary N) is 1. The van der Waals surface area contributed by atoms with Crippen LogP contribution >= 0.6 is 0 Å². The third-order valence-corrected chi connectivity index (χ3v) is 7.75. The van der Waals surface area contributed by atoms with Crippen molar-refractivity contribution in [3.05, 3.63) is 30.2 Å². The molecule has 1 aliphatic heterocycles. The van der Waals surface area contributed by atoms with Gasteiger partial charge in [0.25, 0.3) is 0 Å². The fraction of sp³-hybridized carbons (Fsp3) is 0.550. The van der Waals surface area contributed by atoms with Crippen LogP contribution in [0.15, 0.2) is 28.7 Å². The van der Waals surface area contributed by atoms with Crippen molar-refractivity contribution in [1.82, 2.24) is 15.2 Å². The number of aliphatic hydroxyl groups is 1. The summed E-state index contributed by atoms with van der Waals surface area (Å²) >= 11 is 0. The average Bonchev–Trinajstić information content (AvgIpc) is 3.36. The summed E-state index contributed by atoms with van der Waals surface area (Å²) in [6.45, 7) is 4.64. The zero-order valence-electron chi connectivity index (χ0n) is 17.2. The molecule has 4 atom stereocenters. The number of likely N-dealkylation sites (tertiary alicyclic amines) is 1. The van der Waals surface area contributed by atoms with E-state index in [1.807, 2.05) is 0 Å². The maximum Gasteiger partial charge on any atom is 0.243 e. The minimum atomic E-state index is -3.39. The third kappa shape index (κ3) is 4.34. The predicted molar refractivity (Wildman–Crippen MR) is 110 cm³/mol. The molecule has 0 spiro atoms. The molecule has 164 valence electrons. The number of carbonyl (C=O) groups is 2. The maximum atomic E-state index is 12.9. The molecule has 0 bridgehead atoms. The van der Waals surface area contributed by atoms with Gasteiger partial charge in [-0.05, 0) is 25.0 Å². The van der Waals surface area contributed by atoms with Crippen molar-refractivity contribution in [2.75, 3.05) is 12.3 Å². The van der Waals surface area contributed by atoms with Crippen molar-refractivity contribution in [3.8, 4) is 0 Å². The highest BCUT2D eigenvalue weighted by atomic mass is 32.2. The van der Waals surface area contributed by atoms with E-state index in [2.05, 4.69) is 10.3 Å². The number of amides is 2. The van der Waals surface area contributed by atoms with Crippen LogP contribution in [0, 0.1) is 0 Å². The molecule has 0 saturated carbocycles. The Morgan fingerprint density at radius 3 is 2.63 bits per heavy atom. The molecular formula is C20H27N3O6S. The molecule has 2 aromatic rings. The van der Waals surface area contributed by atoms with E-state index in [4.69, 9.17) is 4.42 Å². The number of hydrogen-bond acceptors (Lipinski definition) is 7. The van der Waals surface area contributed by atoms with Crippen LogP contribution in [-0.4, -0.2) is 64.9 Å². The number of carbonyl (C=O) groups excluding carboxylic acids is 2. The predicted octanol–water partition coefficient (Wildman–Crippen LogP) is 1.18. The Kier molecular flexibility index (Phi) is 6.47. The number of fused-ring (bicyclic) bond motifs is 1. The number of nitrogens with zero attached hydrogens (tertiary/aromatic N) is 2. The first kappa shape index (κ1) is 22.2. The lowest BCUT2D eigenvalue weighted by molar-refractivity contribution is -0.137. The summed E-state index contributed by atoms with van der Waals surface area (Å²) in [5.74, 6) is -0.826. The third-order valence-electron chi connectivity index (χ3n) is 5.59. The monoisotopic (exact) mass is 437 g/mol. The van der Waals surface area contributed by atoms with Crippen molar-refractivity contribution in [2.45, 2.75) is 57.1 Å². The Hall–Kier alpha value is -2.46. The fourth-order valence-electron chi connectivity index (χ4n) is 3.76. The van der Waals surface area contributed by atoms with E-state index >= 15 is 0 Å². The first-order chi connectivity index (χ1) is 14.2. The van der Waals surface area contributed by atoms with Gasteiger partial charge in [-0.3, -0.25) is 9.59 Å². The van der Waals surface area contributed by atoms with Crippen LogP contribution in [0.2, 0.25) is 0 Å². The van der Waals surface area contributed by atoms with Gasteiger partial charge in [-0.1, -0.05) is 26.0 Å². The molecule has 2 amide bonds. The Bertz CT molecular complexity index is 1000. The molecule has 0 aliphatic carbocycles. The lowest BCUT2D eigenvalue weighted by Gasteiger charge is -2.26. The van der Waals surface area contributed by atoms with Crippen LogP contribution < -0.4 is 5.32 Å². The Morgan fingerprint density at radius 1 is 1.33 bits per heavy atom. The quantitative estimate of drug-likeness (QED) is 0.665. The van der Waals surface area contributed by atoms with Gasteiger partial charge in [-0.2, -0.15) is 0 Å². The molecule has 2 heterocycles. The second-order valence-electron chi connectivity index (χ2n) is 7.48. The summed E-state index contributed by atoms with van der Waals surface area (Å²) < 4.78 is 30.1. The van der Waals surface area contributed by atoms with Crippen LogP contribution in [0.1, 0.15) is 45.6 Å². The van der Waals surface area contributed by atoms with E-state index in [-0.39, 0.29) is 30.5 Å². The van der Waals surface area contributed by atoms with E-state index in [1.165, 1.54) is 11.8 Å². The molecule has 0 radical (unpaired) electrons. The van der Waals surface area contributed by atoms with E-state index in [0.717, 1.165) is 0 Å². The number of benzene rings is 1. The zero-order chi connectivity index (χ0) is 22.1. The highest BCUT2D eigenvalue weighted by Crippen LogP contribution is 2.26. The van der Waals surface area contributed by atoms with Gasteiger partial charge < -0.3 is 19.7 Å². The van der Waals surface area contributed by atoms with Gasteiger partial charge in [-0.25, -0.2) is 13.4 Å². The highest BCUT2D eigenvalue weighted by molar-refractivity contribution is 7.92. The number of sulfone groups is 1. The van der Waals surface area contributed by atoms with Gasteiger partial charge in [0.15, 0.2) is 21.5 Å². The molecule has 1 aromatic heterocycles. The summed E-state index contributed by atoms with van der Waals surface area (Å²) in [7, 11) is -3.39. The molecule has 2 unspecified atom stereocenters. The Balaban J connectivity index is 1.77. The smallest absolute Gasteiger partial charge is 0.243 e. The highest BCUT2D eigenvalue weighted by Gasteiger charge is 2.44. The molecule has 10 heteroatoms. The minimum absolute atomic E-state index is 0.00589. The summed E-state index contributed by atoms with van der Waals surface area (Å²) in [6.07, 6.45) is -0.764. The second-order valence-corrected chi connectivity index (χ2v) is 10.1. The van der Waals surface area contributed by atoms with Crippen molar-refractivity contribution in [1.29, 1.82) is 0 Å². The standard InChI is InChI=1S/C20H27N3O6S/c1-4-14(18(25)20-22-15-8-6-7-9-17(15)29-20)21-19(26)16-10-13(30(27,28)5-2)11-23(16)12(3)24/h6-9,13-14,16,18,25H,4-5,10-11H2,1-3H3,(H,21,26)/t13-,14?,16+,18?/m1/s1. The average molecular weight is 438 g/mol. The summed E-state index contributed by atoms with van der Waals surface area (Å²) in [5, 5.41) is 12.7. The summed E-state index contributed by atoms with van der Waals surface area (Å²) in [6, 6.07) is 5.47. The molecule has 9 nitrogen and oxygen atoms in total.